The van der Waals surface area contributed by atoms with Gasteiger partial charge in [0.2, 0.25) is 0 Å². The highest BCUT2D eigenvalue weighted by Gasteiger charge is 2.20. The van der Waals surface area contributed by atoms with Crippen LogP contribution in [0.1, 0.15) is 53.1 Å². The van der Waals surface area contributed by atoms with Crippen molar-refractivity contribution in [1.82, 2.24) is 45.6 Å². The Balaban J connectivity index is 1.62. The minimum atomic E-state index is -0.734. The highest BCUT2D eigenvalue weighted by Crippen LogP contribution is 2.19. The summed E-state index contributed by atoms with van der Waals surface area (Å²) in [5.74, 6) is -1.37. The van der Waals surface area contributed by atoms with Gasteiger partial charge in [-0.3, -0.25) is 34.8 Å². The van der Waals surface area contributed by atoms with Crippen LogP contribution < -0.4 is 22.1 Å². The first-order chi connectivity index (χ1) is 16.3. The van der Waals surface area contributed by atoms with Gasteiger partial charge in [-0.25, -0.2) is 14.5 Å². The van der Waals surface area contributed by atoms with Gasteiger partial charge in [-0.2, -0.15) is 0 Å². The first-order valence-corrected chi connectivity index (χ1v) is 10.4. The summed E-state index contributed by atoms with van der Waals surface area (Å²) in [6, 6.07) is 7.85. The van der Waals surface area contributed by atoms with E-state index < -0.39 is 23.1 Å². The molecule has 3 heterocycles. The lowest BCUT2D eigenvalue weighted by Gasteiger charge is -2.14. The van der Waals surface area contributed by atoms with Crippen molar-refractivity contribution in [1.29, 1.82) is 0 Å². The number of aromatic nitrogens is 7. The van der Waals surface area contributed by atoms with Gasteiger partial charge in [0, 0.05) is 17.8 Å². The quantitative estimate of drug-likeness (QED) is 0.354. The summed E-state index contributed by atoms with van der Waals surface area (Å²) in [7, 11) is 0. The molecule has 1 aromatic carbocycles. The van der Waals surface area contributed by atoms with Gasteiger partial charge in [0.1, 0.15) is 6.33 Å². The summed E-state index contributed by atoms with van der Waals surface area (Å²) in [4.78, 5) is 57.0. The standard InChI is InChI=1S/C21H21N9O4/c1-4-29-17-16(20(33)24-21(29)34)14(9-15(23-17)11(2)3)19(32)26-25-18(31)12-5-7-13(8-6-12)30-10-22-27-28-30/h5-11H,4H2,1-3H3,(H,25,31)(H,26,32)(H,24,33,34). The van der Waals surface area contributed by atoms with Crippen molar-refractivity contribution in [2.45, 2.75) is 33.2 Å². The Hall–Kier alpha value is -4.68. The van der Waals surface area contributed by atoms with Crippen LogP contribution in [0, 0.1) is 0 Å². The Morgan fingerprint density at radius 2 is 1.79 bits per heavy atom. The van der Waals surface area contributed by atoms with E-state index in [0.717, 1.165) is 0 Å². The maximum Gasteiger partial charge on any atom is 0.329 e. The Morgan fingerprint density at radius 3 is 2.41 bits per heavy atom. The van der Waals surface area contributed by atoms with E-state index >= 15 is 0 Å². The number of rotatable bonds is 5. The van der Waals surface area contributed by atoms with Gasteiger partial charge in [0.25, 0.3) is 17.4 Å². The number of H-pyrrole nitrogens is 1. The highest BCUT2D eigenvalue weighted by atomic mass is 16.2. The fourth-order valence-electron chi connectivity index (χ4n) is 3.36. The molecule has 13 heteroatoms. The van der Waals surface area contributed by atoms with Crippen LogP contribution in [0.25, 0.3) is 16.7 Å². The molecule has 0 aliphatic rings. The predicted molar refractivity (Wildman–Crippen MR) is 120 cm³/mol. The molecule has 4 rings (SSSR count). The second-order valence-electron chi connectivity index (χ2n) is 7.66. The number of amides is 2. The lowest BCUT2D eigenvalue weighted by Crippen LogP contribution is -2.42. The number of fused-ring (bicyclic) bond motifs is 1. The number of nitrogens with zero attached hydrogens (tertiary/aromatic N) is 6. The zero-order valence-corrected chi connectivity index (χ0v) is 18.6. The number of nitrogens with one attached hydrogen (secondary N) is 3. The van der Waals surface area contributed by atoms with Crippen LogP contribution in [0.15, 0.2) is 46.2 Å². The second-order valence-corrected chi connectivity index (χ2v) is 7.66. The van der Waals surface area contributed by atoms with Gasteiger partial charge in [-0.1, -0.05) is 13.8 Å². The van der Waals surface area contributed by atoms with Gasteiger partial charge < -0.3 is 0 Å². The number of carbonyl (C=O) groups excluding carboxylic acids is 2. The van der Waals surface area contributed by atoms with E-state index in [1.165, 1.54) is 21.6 Å². The Bertz CT molecular complexity index is 1490. The summed E-state index contributed by atoms with van der Waals surface area (Å²) >= 11 is 0. The van der Waals surface area contributed by atoms with Crippen molar-refractivity contribution in [2.75, 3.05) is 0 Å². The zero-order chi connectivity index (χ0) is 24.4. The minimum absolute atomic E-state index is 0.00789. The molecule has 0 aliphatic heterocycles. The van der Waals surface area contributed by atoms with Gasteiger partial charge in [-0.15, -0.1) is 5.10 Å². The lowest BCUT2D eigenvalue weighted by molar-refractivity contribution is 0.0847. The number of aromatic amines is 1. The maximum absolute atomic E-state index is 13.0. The SMILES string of the molecule is CCn1c(=O)[nH]c(=O)c2c(C(=O)NNC(=O)c3ccc(-n4cnnn4)cc3)cc(C(C)C)nc21. The van der Waals surface area contributed by atoms with Crippen molar-refractivity contribution < 1.29 is 9.59 Å². The summed E-state index contributed by atoms with van der Waals surface area (Å²) in [6.45, 7) is 5.73. The van der Waals surface area contributed by atoms with Crippen LogP contribution in [0.2, 0.25) is 0 Å². The third kappa shape index (κ3) is 4.18. The summed E-state index contributed by atoms with van der Waals surface area (Å²) < 4.78 is 2.71. The van der Waals surface area contributed by atoms with E-state index in [0.29, 0.717) is 11.4 Å². The van der Waals surface area contributed by atoms with Gasteiger partial charge >= 0.3 is 5.69 Å². The van der Waals surface area contributed by atoms with E-state index in [1.807, 2.05) is 13.8 Å². The summed E-state index contributed by atoms with van der Waals surface area (Å²) in [6.07, 6.45) is 1.42. The van der Waals surface area contributed by atoms with Gasteiger partial charge in [0.05, 0.1) is 16.6 Å². The van der Waals surface area contributed by atoms with Crippen molar-refractivity contribution >= 4 is 22.8 Å². The Kier molecular flexibility index (Phi) is 5.99. The van der Waals surface area contributed by atoms with Crippen LogP contribution in [-0.2, 0) is 6.54 Å². The second kappa shape index (κ2) is 9.05. The van der Waals surface area contributed by atoms with Gasteiger partial charge in [0.15, 0.2) is 5.65 Å². The summed E-state index contributed by atoms with van der Waals surface area (Å²) in [5, 5.41) is 10.8. The van der Waals surface area contributed by atoms with Crippen molar-refractivity contribution in [3.05, 3.63) is 74.3 Å². The molecule has 0 spiro atoms. The number of hydrogen-bond acceptors (Lipinski definition) is 8. The largest absolute Gasteiger partial charge is 0.329 e. The molecule has 0 fully saturated rings. The van der Waals surface area contributed by atoms with Crippen molar-refractivity contribution in [2.24, 2.45) is 0 Å². The van der Waals surface area contributed by atoms with Crippen molar-refractivity contribution in [3.8, 4) is 5.69 Å². The lowest BCUT2D eigenvalue weighted by atomic mass is 10.0. The van der Waals surface area contributed by atoms with Gasteiger partial charge in [-0.05, 0) is 53.6 Å². The smallest absolute Gasteiger partial charge is 0.278 e. The van der Waals surface area contributed by atoms with E-state index in [4.69, 9.17) is 0 Å². The molecule has 0 saturated heterocycles. The fourth-order valence-corrected chi connectivity index (χ4v) is 3.36. The van der Waals surface area contributed by atoms with E-state index in [-0.39, 0.29) is 34.6 Å². The minimum Gasteiger partial charge on any atom is -0.278 e. The zero-order valence-electron chi connectivity index (χ0n) is 18.6. The predicted octanol–water partition coefficient (Wildman–Crippen LogP) is 0.279. The number of aryl methyl sites for hydroxylation is 1. The van der Waals surface area contributed by atoms with Crippen LogP contribution >= 0.6 is 0 Å². The fraction of sp³-hybridized carbons (Fsp3) is 0.238. The Labute approximate surface area is 191 Å². The molecule has 0 aliphatic carbocycles. The molecule has 0 atom stereocenters. The molecule has 13 nitrogen and oxygen atoms in total. The average Bonchev–Trinajstić information content (AvgIpc) is 3.37. The van der Waals surface area contributed by atoms with E-state index in [2.05, 4.69) is 36.3 Å². The Morgan fingerprint density at radius 1 is 1.09 bits per heavy atom. The van der Waals surface area contributed by atoms with Crippen molar-refractivity contribution in [3.63, 3.8) is 0 Å². The third-order valence-electron chi connectivity index (χ3n) is 5.15. The molecule has 2 amide bonds. The summed E-state index contributed by atoms with van der Waals surface area (Å²) in [5.41, 5.74) is 4.87. The maximum atomic E-state index is 13.0. The first kappa shape index (κ1) is 22.5. The molecule has 0 saturated carbocycles. The normalized spacial score (nSPS) is 11.1. The number of tetrazole rings is 1. The number of carbonyl (C=O) groups is 2. The van der Waals surface area contributed by atoms with E-state index in [9.17, 15) is 19.2 Å². The number of pyridine rings is 1. The molecule has 3 aromatic heterocycles. The van der Waals surface area contributed by atoms with E-state index in [1.54, 1.807) is 31.2 Å². The molecule has 34 heavy (non-hydrogen) atoms. The monoisotopic (exact) mass is 463 g/mol. The topological polar surface area (TPSA) is 170 Å². The third-order valence-corrected chi connectivity index (χ3v) is 5.15. The molecule has 174 valence electrons. The molecular weight excluding hydrogens is 442 g/mol. The average molecular weight is 463 g/mol. The number of hydrazine groups is 1. The molecule has 0 unspecified atom stereocenters. The highest BCUT2D eigenvalue weighted by molar-refractivity contribution is 6.06. The van der Waals surface area contributed by atoms with Crippen LogP contribution in [-0.4, -0.2) is 46.6 Å². The molecular formula is C21H21N9O4. The number of hydrogen-bond donors (Lipinski definition) is 3. The number of benzene rings is 1. The molecule has 4 aromatic rings. The first-order valence-electron chi connectivity index (χ1n) is 10.4. The van der Waals surface area contributed by atoms with Crippen LogP contribution in [0.5, 0.6) is 0 Å². The molecule has 0 radical (unpaired) electrons. The van der Waals surface area contributed by atoms with Crippen LogP contribution in [0.3, 0.4) is 0 Å². The molecule has 0 bridgehead atoms. The van der Waals surface area contributed by atoms with Crippen LogP contribution in [0.4, 0.5) is 0 Å². The molecule has 3 N–H and O–H groups in total.